The van der Waals surface area contributed by atoms with Crippen LogP contribution < -0.4 is 22.9 Å². The molecule has 0 atom stereocenters. The van der Waals surface area contributed by atoms with Crippen LogP contribution in [0.3, 0.4) is 0 Å². The van der Waals surface area contributed by atoms with E-state index in [0.717, 1.165) is 22.8 Å². The Kier molecular flexibility index (Phi) is 9.91. The predicted octanol–water partition coefficient (Wildman–Crippen LogP) is 3.99. The zero-order chi connectivity index (χ0) is 22.6. The number of hydrogen-bond donors (Lipinski definition) is 4. The molecule has 0 fully saturated rings. The summed E-state index contributed by atoms with van der Waals surface area (Å²) < 4.78 is 0. The van der Waals surface area contributed by atoms with Gasteiger partial charge in [-0.05, 0) is 48.5 Å². The van der Waals surface area contributed by atoms with Gasteiger partial charge in [0.1, 0.15) is 0 Å². The molecule has 11 heteroatoms. The summed E-state index contributed by atoms with van der Waals surface area (Å²) in [4.78, 5) is 16.6. The average Bonchev–Trinajstić information content (AvgIpc) is 2.75. The summed E-state index contributed by atoms with van der Waals surface area (Å²) in [6.07, 6.45) is 6.59. The minimum absolute atomic E-state index is 0.639. The molecule has 4 heterocycles. The van der Waals surface area contributed by atoms with E-state index in [1.807, 2.05) is 0 Å². The van der Waals surface area contributed by atoms with Crippen LogP contribution in [0, 0.1) is 0 Å². The first kappa shape index (κ1) is 24.3. The number of halogens is 2. The molecule has 0 aromatic carbocycles. The van der Waals surface area contributed by atoms with E-state index in [0.29, 0.717) is 22.7 Å². The van der Waals surface area contributed by atoms with E-state index in [1.54, 1.807) is 73.3 Å². The molecule has 0 amide bonds. The molecule has 0 aliphatic carbocycles. The van der Waals surface area contributed by atoms with Gasteiger partial charge in [0, 0.05) is 47.5 Å². The van der Waals surface area contributed by atoms with Crippen LogP contribution in [-0.2, 0) is 15.4 Å². The van der Waals surface area contributed by atoms with Gasteiger partial charge in [-0.15, -0.1) is 0 Å². The molecule has 0 saturated heterocycles. The fourth-order valence-electron chi connectivity index (χ4n) is 2.35. The van der Waals surface area contributed by atoms with Gasteiger partial charge < -0.3 is 22.9 Å². The molecule has 4 aromatic heterocycles. The summed E-state index contributed by atoms with van der Waals surface area (Å²) in [6, 6.07) is 14.0. The normalized spacial score (nSPS) is 9.74. The van der Waals surface area contributed by atoms with Gasteiger partial charge in [-0.25, -0.2) is 0 Å². The number of pyridine rings is 4. The molecule has 0 aliphatic heterocycles. The maximum atomic E-state index is 5.63. The van der Waals surface area contributed by atoms with Crippen molar-refractivity contribution < 1.29 is 15.4 Å². The third-order valence-electron chi connectivity index (χ3n) is 3.66. The first-order chi connectivity index (χ1) is 14.9. The van der Waals surface area contributed by atoms with E-state index in [1.165, 1.54) is 0 Å². The van der Waals surface area contributed by atoms with Gasteiger partial charge in [0.15, 0.2) is 0 Å². The molecule has 0 radical (unpaired) electrons. The molecule has 31 heavy (non-hydrogen) atoms. The number of anilines is 4. The molecular weight excluding hydrogens is 613 g/mol. The number of nitrogens with two attached hydrogens (primary N) is 4. The molecule has 0 spiro atoms. The van der Waals surface area contributed by atoms with E-state index in [9.17, 15) is 0 Å². The van der Waals surface area contributed by atoms with E-state index < -0.39 is 15.4 Å². The fourth-order valence-corrected chi connectivity index (χ4v) is 2.35. The van der Waals surface area contributed by atoms with Crippen molar-refractivity contribution in [2.75, 3.05) is 22.9 Å². The van der Waals surface area contributed by atoms with Crippen molar-refractivity contribution in [1.29, 1.82) is 0 Å². The molecule has 8 N–H and O–H groups in total. The summed E-state index contributed by atoms with van der Waals surface area (Å²) >= 11 is -0.639. The monoisotopic (exact) mass is 634 g/mol. The van der Waals surface area contributed by atoms with Gasteiger partial charge in [-0.3, -0.25) is 19.9 Å². The first-order valence-corrected chi connectivity index (χ1v) is 14.9. The van der Waals surface area contributed by atoms with Gasteiger partial charge in [-0.1, -0.05) is 0 Å². The van der Waals surface area contributed by atoms with Crippen molar-refractivity contribution in [3.05, 3.63) is 73.3 Å². The van der Waals surface area contributed by atoms with Crippen LogP contribution in [0.1, 0.15) is 0 Å². The molecule has 0 unspecified atom stereocenters. The molecule has 4 aromatic rings. The Balaban J connectivity index is 0.000000196. The van der Waals surface area contributed by atoms with Crippen molar-refractivity contribution in [1.82, 2.24) is 19.9 Å². The van der Waals surface area contributed by atoms with Gasteiger partial charge >= 0.3 is 34.7 Å². The summed E-state index contributed by atoms with van der Waals surface area (Å²) in [5, 5.41) is 0. The van der Waals surface area contributed by atoms with Crippen LogP contribution in [-0.4, -0.2) is 19.9 Å². The Hall–Kier alpha value is -2.98. The van der Waals surface area contributed by atoms with Gasteiger partial charge in [0.25, 0.3) is 0 Å². The topological polar surface area (TPSA) is 156 Å². The van der Waals surface area contributed by atoms with Crippen molar-refractivity contribution >= 4 is 42.0 Å². The standard InChI is InChI=1S/2C10H10N4.2ClH.Os/c2*11-7-1-3-13-9(5-7)10-6-8(12)2-4-14-10;;;/h2*1-6H,(H2,11,13)(H2,12,14);2*1H;/q;;;;+2/p-2. The van der Waals surface area contributed by atoms with Crippen LogP contribution in [0.15, 0.2) is 73.3 Å². The first-order valence-electron chi connectivity index (χ1n) is 8.65. The van der Waals surface area contributed by atoms with Gasteiger partial charge in [0.2, 0.25) is 0 Å². The van der Waals surface area contributed by atoms with E-state index in [2.05, 4.69) is 19.9 Å². The third-order valence-corrected chi connectivity index (χ3v) is 3.66. The predicted molar refractivity (Wildman–Crippen MR) is 124 cm³/mol. The van der Waals surface area contributed by atoms with Crippen molar-refractivity contribution in [3.8, 4) is 22.8 Å². The molecule has 8 nitrogen and oxygen atoms in total. The molecule has 162 valence electrons. The number of rotatable bonds is 2. The summed E-state index contributed by atoms with van der Waals surface area (Å²) in [6.45, 7) is 0. The van der Waals surface area contributed by atoms with Gasteiger partial charge in [-0.2, -0.15) is 0 Å². The van der Waals surface area contributed by atoms with Crippen molar-refractivity contribution in [3.63, 3.8) is 0 Å². The van der Waals surface area contributed by atoms with Crippen molar-refractivity contribution in [2.45, 2.75) is 0 Å². The molecule has 0 aliphatic rings. The summed E-state index contributed by atoms with van der Waals surface area (Å²) in [5.74, 6) is 0. The Morgan fingerprint density at radius 3 is 0.839 bits per heavy atom. The van der Waals surface area contributed by atoms with Crippen LogP contribution in [0.5, 0.6) is 0 Å². The molecular formula is C20H20Cl2N8Os. The van der Waals surface area contributed by atoms with Crippen LogP contribution in [0.2, 0.25) is 0 Å². The number of nitrogen functional groups attached to an aromatic ring is 4. The van der Waals surface area contributed by atoms with Crippen molar-refractivity contribution in [2.24, 2.45) is 0 Å². The number of nitrogens with zero attached hydrogens (tertiary/aromatic N) is 4. The van der Waals surface area contributed by atoms with Gasteiger partial charge in [0.05, 0.1) is 22.8 Å². The fraction of sp³-hybridized carbons (Fsp3) is 0. The summed E-state index contributed by atoms with van der Waals surface area (Å²) in [5.41, 5.74) is 28.1. The second-order valence-electron chi connectivity index (χ2n) is 5.95. The Bertz CT molecular complexity index is 940. The molecule has 0 saturated carbocycles. The van der Waals surface area contributed by atoms with E-state index in [-0.39, 0.29) is 0 Å². The number of aromatic nitrogens is 4. The zero-order valence-corrected chi connectivity index (χ0v) is 20.2. The third kappa shape index (κ3) is 8.34. The Morgan fingerprint density at radius 1 is 0.484 bits per heavy atom. The van der Waals surface area contributed by atoms with Crippen LogP contribution >= 0.6 is 19.3 Å². The average molecular weight is 634 g/mol. The van der Waals surface area contributed by atoms with Crippen LogP contribution in [0.25, 0.3) is 22.8 Å². The van der Waals surface area contributed by atoms with Crippen LogP contribution in [0.4, 0.5) is 22.7 Å². The Morgan fingerprint density at radius 2 is 0.677 bits per heavy atom. The second kappa shape index (κ2) is 12.7. The Labute approximate surface area is 195 Å². The summed E-state index contributed by atoms with van der Waals surface area (Å²) in [7, 11) is 9.81. The zero-order valence-electron chi connectivity index (χ0n) is 16.1. The molecule has 4 rings (SSSR count). The second-order valence-corrected chi connectivity index (χ2v) is 9.62. The minimum atomic E-state index is -0.639. The van der Waals surface area contributed by atoms with E-state index >= 15 is 0 Å². The SMILES string of the molecule is Nc1ccnc(-c2cc(N)ccn2)c1.Nc1ccnc(-c2cc(N)ccn2)c1.[Cl][Os][Cl]. The number of hydrogen-bond acceptors (Lipinski definition) is 8. The quantitative estimate of drug-likeness (QED) is 0.258. The molecule has 0 bridgehead atoms. The maximum absolute atomic E-state index is 5.63. The van der Waals surface area contributed by atoms with E-state index in [4.69, 9.17) is 42.2 Å².